The zero-order chi connectivity index (χ0) is 61.9. The summed E-state index contributed by atoms with van der Waals surface area (Å²) in [6.45, 7) is -6.76. The van der Waals surface area contributed by atoms with Crippen molar-refractivity contribution in [2.24, 2.45) is 0 Å². The molecule has 14 heterocycles. The van der Waals surface area contributed by atoms with Crippen LogP contribution in [0.25, 0.3) is 44.7 Å². The van der Waals surface area contributed by atoms with Crippen LogP contribution in [0.5, 0.6) is 0 Å². The Hall–Kier alpha value is -5.83. The van der Waals surface area contributed by atoms with Crippen LogP contribution in [0.1, 0.15) is 24.9 Å². The predicted molar refractivity (Wildman–Crippen MR) is 303 cm³/mol. The number of hydrogen-bond acceptors (Lipinski definition) is 30. The van der Waals surface area contributed by atoms with Crippen molar-refractivity contribution in [2.45, 2.75) is 98.4 Å². The quantitative estimate of drug-likeness (QED) is 0.0803. The van der Waals surface area contributed by atoms with Gasteiger partial charge in [-0.2, -0.15) is 0 Å². The molecule has 20 atom stereocenters. The molecule has 6 aliphatic rings. The first-order valence-electron chi connectivity index (χ1n) is 25.3. The summed E-state index contributed by atoms with van der Waals surface area (Å²) in [6, 6.07) is 3.08. The molecule has 8 aromatic rings. The van der Waals surface area contributed by atoms with Crippen molar-refractivity contribution in [3.8, 4) is 0 Å². The summed E-state index contributed by atoms with van der Waals surface area (Å²) in [5.41, 5.74) is 26.2. The molecule has 3 unspecified atom stereocenters. The van der Waals surface area contributed by atoms with E-state index in [0.717, 1.165) is 6.33 Å². The number of phosphoric ester groups is 1. The normalized spacial score (nSPS) is 38.3. The van der Waals surface area contributed by atoms with Gasteiger partial charge in [-0.25, -0.2) is 72.0 Å². The lowest BCUT2D eigenvalue weighted by Gasteiger charge is -2.29. The van der Waals surface area contributed by atoms with E-state index in [0.29, 0.717) is 22.4 Å². The van der Waals surface area contributed by atoms with Gasteiger partial charge in [0.05, 0.1) is 78.2 Å². The van der Waals surface area contributed by atoms with E-state index < -0.39 is 169 Å². The Morgan fingerprint density at radius 2 is 0.841 bits per heavy atom. The number of phosphoric acid groups is 1. The molecule has 0 aromatic carbocycles. The average Bonchev–Trinajstić information content (AvgIpc) is 1.74. The van der Waals surface area contributed by atoms with E-state index in [1.165, 1.54) is 68.4 Å². The lowest BCUT2D eigenvalue weighted by molar-refractivity contribution is -0.0613. The molecule has 46 heteroatoms. The number of pyridine rings is 2. The summed E-state index contributed by atoms with van der Waals surface area (Å²) in [5.74, 6) is 0.116. The van der Waals surface area contributed by atoms with Gasteiger partial charge in [0.2, 0.25) is 0 Å². The number of halogens is 4. The van der Waals surface area contributed by atoms with E-state index in [-0.39, 0.29) is 45.3 Å². The molecule has 0 radical (unpaired) electrons. The third kappa shape index (κ3) is 11.4. The molecule has 35 nitrogen and oxygen atoms in total. The van der Waals surface area contributed by atoms with E-state index in [1.807, 2.05) is 0 Å². The van der Waals surface area contributed by atoms with Gasteiger partial charge in [0.1, 0.15) is 98.5 Å². The highest BCUT2D eigenvalue weighted by Gasteiger charge is 2.56. The van der Waals surface area contributed by atoms with Crippen molar-refractivity contribution in [2.75, 3.05) is 49.4 Å². The van der Waals surface area contributed by atoms with Crippen LogP contribution in [-0.4, -0.2) is 193 Å². The minimum atomic E-state index is -5.07. The topological polar surface area (TPSA) is 455 Å². The van der Waals surface area contributed by atoms with Crippen molar-refractivity contribution >= 4 is 124 Å². The maximum atomic E-state index is 16.0. The number of alkyl halides is 4. The van der Waals surface area contributed by atoms with Crippen molar-refractivity contribution in [3.63, 3.8) is 0 Å². The molecular weight excluding hydrogens is 1280 g/mol. The van der Waals surface area contributed by atoms with Crippen LogP contribution in [0, 0.1) is 0 Å². The van der Waals surface area contributed by atoms with Crippen LogP contribution in [0.2, 0.25) is 0 Å². The number of aromatic nitrogens is 14. The minimum Gasteiger partial charge on any atom is -0.397 e. The number of nitrogens with two attached hydrogens (primary N) is 4. The molecule has 0 amide bonds. The summed E-state index contributed by atoms with van der Waals surface area (Å²) in [6.07, 6.45) is -14.8. The number of nitrogen functional groups attached to an aromatic ring is 4. The zero-order valence-electron chi connectivity index (χ0n) is 43.1. The predicted octanol–water partition coefficient (Wildman–Crippen LogP) is 0.712. The summed E-state index contributed by atoms with van der Waals surface area (Å²) >= 11 is 5.17. The monoisotopic (exact) mass is 1330 g/mol. The molecule has 4 bridgehead atoms. The van der Waals surface area contributed by atoms with E-state index in [9.17, 15) is 23.5 Å². The summed E-state index contributed by atoms with van der Waals surface area (Å²) in [4.78, 5) is 62.6. The van der Waals surface area contributed by atoms with Crippen LogP contribution in [0.15, 0.2) is 62.5 Å². The molecule has 0 saturated carbocycles. The van der Waals surface area contributed by atoms with Gasteiger partial charge in [-0.15, -0.1) is 0 Å². The van der Waals surface area contributed by atoms with Crippen molar-refractivity contribution in [1.29, 1.82) is 0 Å². The average molecular weight is 1330 g/mol. The van der Waals surface area contributed by atoms with Crippen molar-refractivity contribution in [1.82, 2.24) is 68.1 Å². The fourth-order valence-electron chi connectivity index (χ4n) is 10.3. The Bertz CT molecular complexity index is 3940. The molecular formula is C42H50B2F4N18O17P4S-2. The van der Waals surface area contributed by atoms with Gasteiger partial charge in [0.25, 0.3) is 0 Å². The molecule has 0 spiro atoms. The number of imidazole rings is 4. The molecule has 0 aliphatic carbocycles. The molecule has 6 saturated heterocycles. The van der Waals surface area contributed by atoms with Gasteiger partial charge in [-0.3, -0.25) is 31.8 Å². The Labute approximate surface area is 497 Å². The summed E-state index contributed by atoms with van der Waals surface area (Å²) in [5, 5.41) is 0. The third-order valence-electron chi connectivity index (χ3n) is 14.3. The van der Waals surface area contributed by atoms with Crippen LogP contribution < -0.4 is 22.9 Å². The number of hydrogen-bond donors (Lipinski definition) is 6. The molecule has 10 N–H and O–H groups in total. The number of rotatable bonds is 4. The highest BCUT2D eigenvalue weighted by molar-refractivity contribution is 8.07. The molecule has 6 aliphatic heterocycles. The van der Waals surface area contributed by atoms with E-state index in [2.05, 4.69) is 49.8 Å². The van der Waals surface area contributed by atoms with E-state index >= 15 is 17.6 Å². The number of fused-ring (bicyclic) bond motifs is 10. The van der Waals surface area contributed by atoms with Gasteiger partial charge >= 0.3 is 14.5 Å². The standard InChI is InChI=1S/C21H25BF2N9O9P2.C21H25BF2N9O8P2S/c22-43(34)37-4-10-15(12(24)20(40-10)32-7-31-14-17(26)28-5-29-19(14)32)42-44(35,36)38-3-9-11(23)16(41-43)21(39-9)33-6-30-13-8(25)1-2-27-18(13)33;22-42(34)36-4-10-15(12(24)20(39-10)32-7-31-14-17(26)28-5-29-19(14)32)41-43(35,44)37-3-9-11(23)16(40-42)21(38-9)33-6-30-13-8(25)1-2-27-18(13)33/h1-2,5-7,9-12,15-16,20-21H,3-4H2,22H3,(H2,25,27)(H,35,36)(H2,26,28,29);1-2,5-7,9-12,15-16,20-21H,3-4H2,22H3,(H2,25,27)(H,35,44)(H2,26,28,29)/q2*-1/t9-,10-,11-,12-,15-,16-,20-,21-,43-;9-,10-,11-,12-,15-,16-,20-,21-,42?,43?/m11/s1. The van der Waals surface area contributed by atoms with Gasteiger partial charge < -0.3 is 83.4 Å². The highest BCUT2D eigenvalue weighted by Crippen LogP contribution is 2.57. The van der Waals surface area contributed by atoms with Gasteiger partial charge in [0.15, 0.2) is 83.8 Å². The Morgan fingerprint density at radius 1 is 0.466 bits per heavy atom. The second-order valence-corrected chi connectivity index (χ2v) is 25.5. The highest BCUT2D eigenvalue weighted by atomic mass is 32.5. The lowest BCUT2D eigenvalue weighted by atomic mass is 10.1. The lowest BCUT2D eigenvalue weighted by Crippen LogP contribution is -2.34. The largest absolute Gasteiger partial charge is 0.472 e. The van der Waals surface area contributed by atoms with Crippen molar-refractivity contribution < 1.29 is 96.2 Å². The summed E-state index contributed by atoms with van der Waals surface area (Å²) < 4.78 is 177. The van der Waals surface area contributed by atoms with Crippen LogP contribution in [0.4, 0.5) is 40.6 Å². The Morgan fingerprint density at radius 3 is 1.30 bits per heavy atom. The van der Waals surface area contributed by atoms with Crippen LogP contribution in [0.3, 0.4) is 0 Å². The van der Waals surface area contributed by atoms with Gasteiger partial charge in [-0.1, -0.05) is 0 Å². The fourth-order valence-corrected chi connectivity index (χ4v) is 14.2. The second kappa shape index (κ2) is 23.1. The fraction of sp³-hybridized carbons (Fsp3) is 0.476. The Balaban J connectivity index is 0.000000162. The zero-order valence-corrected chi connectivity index (χ0v) is 47.5. The van der Waals surface area contributed by atoms with E-state index in [4.69, 9.17) is 89.9 Å². The maximum absolute atomic E-state index is 16.0. The summed E-state index contributed by atoms with van der Waals surface area (Å²) in [7, 11) is -15.4. The SMILES string of the molecule is [BH3-]P1(=O)OC[C@H]2O[C@@H](n3cnc4c(N)ncnc43)[C@H](F)[C@@H]2OP(O)(=S)OC[C@H]2O[C@@H](n3cnc4c(N)ccnc43)[C@H](O1)[C@@H]2F.[BH3-][P@@]1(=O)OC[C@H]2O[C@@H](n3cnc4c(N)ncnc43)[C@H](F)[C@@H]2OP(=O)(O)OC[C@H]2O[C@@H](n3cnc4c(N)ccnc43)[C@H](O1)[C@@H]2F. The maximum Gasteiger partial charge on any atom is 0.472 e. The van der Waals surface area contributed by atoms with Crippen LogP contribution in [-0.2, 0) is 80.6 Å². The number of anilines is 4. The first-order chi connectivity index (χ1) is 41.8. The first kappa shape index (κ1) is 61.0. The van der Waals surface area contributed by atoms with Gasteiger partial charge in [-0.05, 0) is 23.9 Å². The van der Waals surface area contributed by atoms with Crippen molar-refractivity contribution in [3.05, 3.63) is 62.5 Å². The Kier molecular flexibility index (Phi) is 16.0. The molecule has 472 valence electrons. The minimum absolute atomic E-state index is 0.0415. The molecule has 14 rings (SSSR count). The number of ether oxygens (including phenoxy) is 4. The second-order valence-electron chi connectivity index (χ2n) is 19.5. The van der Waals surface area contributed by atoms with Crippen LogP contribution >= 0.6 is 29.5 Å². The number of nitrogens with zero attached hydrogens (tertiary/aromatic N) is 14. The first-order valence-corrected chi connectivity index (χ1v) is 31.5. The van der Waals surface area contributed by atoms with Gasteiger partial charge in [0, 0.05) is 12.4 Å². The molecule has 8 aromatic heterocycles. The molecule has 88 heavy (non-hydrogen) atoms. The van der Waals surface area contributed by atoms with E-state index in [1.54, 1.807) is 6.07 Å². The molecule has 6 fully saturated rings. The third-order valence-corrected chi connectivity index (χ3v) is 18.4. The smallest absolute Gasteiger partial charge is 0.397 e.